The minimum Gasteiger partial charge on any atom is -0.457 e. The Kier molecular flexibility index (Phi) is 7.74. The molecular weight excluding hydrogens is 370 g/mol. The van der Waals surface area contributed by atoms with Gasteiger partial charge in [-0.05, 0) is 49.2 Å². The number of sulfonamides is 1. The molecule has 0 unspecified atom stereocenters. The molecule has 9 heteroatoms. The zero-order chi connectivity index (χ0) is 19.7. The number of carbonyl (C=O) groups is 1. The molecule has 0 aliphatic rings. The number of nitrogens with two attached hydrogens (primary N) is 1. The van der Waals surface area contributed by atoms with Crippen LogP contribution in [0.25, 0.3) is 0 Å². The lowest BCUT2D eigenvalue weighted by Gasteiger charge is -2.10. The molecule has 2 aromatic carbocycles. The van der Waals surface area contributed by atoms with E-state index in [2.05, 4.69) is 4.72 Å². The molecule has 2 rings (SSSR count). The van der Waals surface area contributed by atoms with E-state index in [-0.39, 0.29) is 11.4 Å². The third-order valence-corrected chi connectivity index (χ3v) is 5.27. The molecule has 0 saturated carbocycles. The smallest absolute Gasteiger partial charge is 0.260 e. The predicted molar refractivity (Wildman–Crippen MR) is 99.9 cm³/mol. The fraction of sp³-hybridized carbons (Fsp3) is 0.278. The molecule has 0 radical (unpaired) electrons. The molecule has 0 heterocycles. The van der Waals surface area contributed by atoms with Gasteiger partial charge < -0.3 is 10.5 Å². The molecule has 8 nitrogen and oxygen atoms in total. The topological polar surface area (TPSA) is 131 Å². The van der Waals surface area contributed by atoms with Crippen LogP contribution in [0.15, 0.2) is 59.5 Å². The first-order valence-corrected chi connectivity index (χ1v) is 9.93. The molecule has 1 atom stereocenters. The zero-order valence-electron chi connectivity index (χ0n) is 14.7. The summed E-state index contributed by atoms with van der Waals surface area (Å²) in [4.78, 5) is 11.2. The molecular formula is C18H23N3O5S. The van der Waals surface area contributed by atoms with Crippen LogP contribution in [0, 0.1) is 0 Å². The van der Waals surface area contributed by atoms with Crippen molar-refractivity contribution in [2.45, 2.75) is 30.2 Å². The van der Waals surface area contributed by atoms with Crippen molar-refractivity contribution in [1.82, 2.24) is 10.2 Å². The van der Waals surface area contributed by atoms with Gasteiger partial charge in [-0.1, -0.05) is 24.6 Å². The van der Waals surface area contributed by atoms with Crippen LogP contribution < -0.4 is 20.7 Å². The monoisotopic (exact) mass is 393 g/mol. The molecule has 1 amide bonds. The first-order valence-electron chi connectivity index (χ1n) is 8.44. The maximum atomic E-state index is 12.3. The number of para-hydroxylation sites is 1. The molecule has 27 heavy (non-hydrogen) atoms. The summed E-state index contributed by atoms with van der Waals surface area (Å²) in [6.07, 6.45) is 1.40. The van der Waals surface area contributed by atoms with Crippen LogP contribution in [0.1, 0.15) is 19.3 Å². The third kappa shape index (κ3) is 6.65. The molecule has 0 fully saturated rings. The highest BCUT2D eigenvalue weighted by molar-refractivity contribution is 7.89. The summed E-state index contributed by atoms with van der Waals surface area (Å²) in [5.74, 6) is 0.545. The van der Waals surface area contributed by atoms with Crippen molar-refractivity contribution in [2.24, 2.45) is 5.73 Å². The molecule has 5 N–H and O–H groups in total. The molecule has 2 aromatic rings. The van der Waals surface area contributed by atoms with Gasteiger partial charge in [0.1, 0.15) is 11.5 Å². The Bertz CT molecular complexity index is 826. The van der Waals surface area contributed by atoms with E-state index in [1.807, 2.05) is 30.3 Å². The van der Waals surface area contributed by atoms with E-state index in [1.165, 1.54) is 17.6 Å². The Morgan fingerprint density at radius 1 is 1.04 bits per heavy atom. The maximum absolute atomic E-state index is 12.3. The number of benzene rings is 2. The Balaban J connectivity index is 1.81. The summed E-state index contributed by atoms with van der Waals surface area (Å²) in [6, 6.07) is 14.5. The van der Waals surface area contributed by atoms with Crippen molar-refractivity contribution in [3.05, 3.63) is 54.6 Å². The van der Waals surface area contributed by atoms with Crippen molar-refractivity contribution in [2.75, 3.05) is 6.54 Å². The van der Waals surface area contributed by atoms with Crippen molar-refractivity contribution < 1.29 is 23.2 Å². The number of hydroxylamine groups is 1. The number of unbranched alkanes of at least 4 members (excludes halogenated alkanes) is 1. The Labute approximate surface area is 158 Å². The van der Waals surface area contributed by atoms with Gasteiger partial charge in [-0.15, -0.1) is 0 Å². The lowest BCUT2D eigenvalue weighted by Crippen LogP contribution is -2.39. The van der Waals surface area contributed by atoms with Gasteiger partial charge in [-0.2, -0.15) is 0 Å². The number of amides is 1. The standard InChI is InChI=1S/C18H23N3O5S/c19-17(18(22)21-23)8-4-5-13-20-27(24,25)16-11-9-15(10-12-16)26-14-6-2-1-3-7-14/h1-3,6-7,9-12,17,20,23H,4-5,8,13,19H2,(H,21,22)/t17-/m1/s1. The summed E-state index contributed by atoms with van der Waals surface area (Å²) in [6.45, 7) is 0.220. The summed E-state index contributed by atoms with van der Waals surface area (Å²) >= 11 is 0. The molecule has 0 saturated heterocycles. The van der Waals surface area contributed by atoms with Gasteiger partial charge in [0, 0.05) is 6.54 Å². The minimum absolute atomic E-state index is 0.138. The highest BCUT2D eigenvalue weighted by Crippen LogP contribution is 2.22. The largest absolute Gasteiger partial charge is 0.457 e. The van der Waals surface area contributed by atoms with Gasteiger partial charge in [-0.25, -0.2) is 18.6 Å². The first kappa shape index (κ1) is 20.8. The second kappa shape index (κ2) is 10.0. The van der Waals surface area contributed by atoms with Gasteiger partial charge >= 0.3 is 0 Å². The molecule has 0 aromatic heterocycles. The number of rotatable bonds is 10. The van der Waals surface area contributed by atoms with Gasteiger partial charge in [-0.3, -0.25) is 10.0 Å². The Hall–Kier alpha value is -2.46. The van der Waals surface area contributed by atoms with E-state index >= 15 is 0 Å². The summed E-state index contributed by atoms with van der Waals surface area (Å²) in [7, 11) is -3.63. The van der Waals surface area contributed by atoms with Crippen LogP contribution in [0.5, 0.6) is 11.5 Å². The van der Waals surface area contributed by atoms with Gasteiger partial charge in [0.2, 0.25) is 10.0 Å². The quantitative estimate of drug-likeness (QED) is 0.276. The third-order valence-electron chi connectivity index (χ3n) is 3.79. The fourth-order valence-electron chi connectivity index (χ4n) is 2.30. The number of hydrogen-bond acceptors (Lipinski definition) is 6. The Morgan fingerprint density at radius 2 is 1.67 bits per heavy atom. The van der Waals surface area contributed by atoms with Gasteiger partial charge in [0.15, 0.2) is 0 Å². The lowest BCUT2D eigenvalue weighted by molar-refractivity contribution is -0.130. The van der Waals surface area contributed by atoms with E-state index < -0.39 is 22.0 Å². The van der Waals surface area contributed by atoms with E-state index in [4.69, 9.17) is 15.7 Å². The number of nitrogens with one attached hydrogen (secondary N) is 2. The Morgan fingerprint density at radius 3 is 2.30 bits per heavy atom. The van der Waals surface area contributed by atoms with Crippen molar-refractivity contribution in [3.63, 3.8) is 0 Å². The SMILES string of the molecule is N[C@H](CCCCNS(=O)(=O)c1ccc(Oc2ccccc2)cc1)C(=O)NO. The van der Waals surface area contributed by atoms with Crippen molar-refractivity contribution in [1.29, 1.82) is 0 Å². The predicted octanol–water partition coefficient (Wildman–Crippen LogP) is 1.76. The fourth-order valence-corrected chi connectivity index (χ4v) is 3.38. The lowest BCUT2D eigenvalue weighted by atomic mass is 10.1. The number of hydrogen-bond donors (Lipinski definition) is 4. The zero-order valence-corrected chi connectivity index (χ0v) is 15.5. The van der Waals surface area contributed by atoms with E-state index in [0.29, 0.717) is 30.8 Å². The highest BCUT2D eigenvalue weighted by Gasteiger charge is 2.14. The van der Waals surface area contributed by atoms with E-state index in [0.717, 1.165) is 0 Å². The summed E-state index contributed by atoms with van der Waals surface area (Å²) in [5.41, 5.74) is 7.02. The minimum atomic E-state index is -3.63. The average molecular weight is 393 g/mol. The average Bonchev–Trinajstić information content (AvgIpc) is 2.68. The second-order valence-corrected chi connectivity index (χ2v) is 7.63. The molecule has 0 bridgehead atoms. The molecule has 0 aliphatic heterocycles. The number of ether oxygens (including phenoxy) is 1. The van der Waals surface area contributed by atoms with Gasteiger partial charge in [0.05, 0.1) is 10.9 Å². The summed E-state index contributed by atoms with van der Waals surface area (Å²) < 4.78 is 32.7. The molecule has 0 spiro atoms. The van der Waals surface area contributed by atoms with Crippen LogP contribution in [-0.2, 0) is 14.8 Å². The van der Waals surface area contributed by atoms with Crippen molar-refractivity contribution >= 4 is 15.9 Å². The van der Waals surface area contributed by atoms with E-state index in [9.17, 15) is 13.2 Å². The summed E-state index contributed by atoms with van der Waals surface area (Å²) in [5, 5.41) is 8.46. The molecule has 0 aliphatic carbocycles. The van der Waals surface area contributed by atoms with Crippen molar-refractivity contribution in [3.8, 4) is 11.5 Å². The van der Waals surface area contributed by atoms with E-state index in [1.54, 1.807) is 12.1 Å². The second-order valence-electron chi connectivity index (χ2n) is 5.86. The normalized spacial score (nSPS) is 12.4. The molecule has 146 valence electrons. The van der Waals surface area contributed by atoms with Crippen LogP contribution in [0.2, 0.25) is 0 Å². The van der Waals surface area contributed by atoms with Gasteiger partial charge in [0.25, 0.3) is 5.91 Å². The highest BCUT2D eigenvalue weighted by atomic mass is 32.2. The van der Waals surface area contributed by atoms with Crippen LogP contribution in [0.3, 0.4) is 0 Å². The first-order chi connectivity index (χ1) is 12.9. The van der Waals surface area contributed by atoms with Crippen LogP contribution in [0.4, 0.5) is 0 Å². The van der Waals surface area contributed by atoms with Crippen LogP contribution >= 0.6 is 0 Å². The van der Waals surface area contributed by atoms with Crippen LogP contribution in [-0.4, -0.2) is 32.1 Å². The number of carbonyl (C=O) groups excluding carboxylic acids is 1. The maximum Gasteiger partial charge on any atom is 0.260 e.